The number of aliphatic hydroxyl groups is 4. The minimum absolute atomic E-state index is 0.166. The van der Waals surface area contributed by atoms with Crippen LogP contribution in [0.25, 0.3) is 0 Å². The molecule has 0 bridgehead atoms. The summed E-state index contributed by atoms with van der Waals surface area (Å²) in [5, 5.41) is 41.2. The van der Waals surface area contributed by atoms with Gasteiger partial charge in [0, 0.05) is 0 Å². The van der Waals surface area contributed by atoms with E-state index in [4.69, 9.17) is 9.47 Å². The summed E-state index contributed by atoms with van der Waals surface area (Å²) < 4.78 is 11.5. The topological polar surface area (TPSA) is 99.4 Å². The first-order chi connectivity index (χ1) is 18.9. The van der Waals surface area contributed by atoms with E-state index in [0.29, 0.717) is 5.41 Å². The van der Waals surface area contributed by atoms with Crippen molar-refractivity contribution in [3.63, 3.8) is 0 Å². The van der Waals surface area contributed by atoms with Crippen LogP contribution in [0.4, 0.5) is 0 Å². The molecule has 0 spiro atoms. The van der Waals surface area contributed by atoms with Gasteiger partial charge in [0.1, 0.15) is 29.9 Å². The van der Waals surface area contributed by atoms with Crippen LogP contribution in [0.2, 0.25) is 0 Å². The summed E-state index contributed by atoms with van der Waals surface area (Å²) in [6, 6.07) is 0. The molecule has 4 unspecified atom stereocenters. The van der Waals surface area contributed by atoms with E-state index in [9.17, 15) is 20.4 Å². The Labute approximate surface area is 247 Å². The number of allylic oxidation sites excluding steroid dienone is 1. The lowest BCUT2D eigenvalue weighted by atomic mass is 9.47. The van der Waals surface area contributed by atoms with Gasteiger partial charge < -0.3 is 29.9 Å². The number of hydrogen-bond acceptors (Lipinski definition) is 7. The van der Waals surface area contributed by atoms with Gasteiger partial charge in [0.15, 0.2) is 6.29 Å². The van der Waals surface area contributed by atoms with Crippen molar-refractivity contribution in [2.24, 2.45) is 46.3 Å². The lowest BCUT2D eigenvalue weighted by Crippen LogP contribution is -2.60. The maximum absolute atomic E-state index is 10.8. The van der Waals surface area contributed by atoms with Gasteiger partial charge in [-0.05, 0) is 97.7 Å². The molecule has 1 aliphatic heterocycles. The zero-order valence-electron chi connectivity index (χ0n) is 25.4. The molecule has 0 radical (unpaired) electrons. The van der Waals surface area contributed by atoms with Crippen molar-refractivity contribution >= 4 is 12.6 Å². The summed E-state index contributed by atoms with van der Waals surface area (Å²) in [6.45, 7) is 12.4. The van der Waals surface area contributed by atoms with E-state index in [1.54, 1.807) is 0 Å². The fourth-order valence-corrected chi connectivity index (χ4v) is 10.5. The summed E-state index contributed by atoms with van der Waals surface area (Å²) in [7, 11) is 0. The van der Waals surface area contributed by atoms with Gasteiger partial charge in [0.25, 0.3) is 0 Å². The van der Waals surface area contributed by atoms with Gasteiger partial charge in [0.2, 0.25) is 0 Å². The van der Waals surface area contributed by atoms with E-state index in [-0.39, 0.29) is 11.5 Å². The first-order valence-electron chi connectivity index (χ1n) is 16.3. The molecule has 0 aromatic rings. The third-order valence-electron chi connectivity index (χ3n) is 12.5. The monoisotopic (exact) mass is 580 g/mol. The Balaban J connectivity index is 1.22. The number of rotatable bonds is 8. The molecule has 4 aliphatic carbocycles. The third kappa shape index (κ3) is 5.59. The molecule has 5 aliphatic rings. The Bertz CT molecular complexity index is 911. The van der Waals surface area contributed by atoms with E-state index in [1.165, 1.54) is 50.5 Å². The maximum Gasteiger partial charge on any atom is 0.184 e. The Morgan fingerprint density at radius 1 is 0.975 bits per heavy atom. The van der Waals surface area contributed by atoms with Crippen LogP contribution in [0.5, 0.6) is 0 Å². The molecule has 0 aromatic heterocycles. The molecular weight excluding hydrogens is 524 g/mol. The Morgan fingerprint density at radius 3 is 2.45 bits per heavy atom. The quantitative estimate of drug-likeness (QED) is 0.148. The second kappa shape index (κ2) is 12.1. The number of thiol groups is 1. The summed E-state index contributed by atoms with van der Waals surface area (Å²) in [4.78, 5) is 0. The molecular formula is C33H56O6S. The molecule has 7 heteroatoms. The Morgan fingerprint density at radius 2 is 1.73 bits per heavy atom. The van der Waals surface area contributed by atoms with E-state index < -0.39 is 36.1 Å². The summed E-state index contributed by atoms with van der Waals surface area (Å²) in [5.74, 6) is 4.81. The molecule has 40 heavy (non-hydrogen) atoms. The van der Waals surface area contributed by atoms with Crippen molar-refractivity contribution in [1.82, 2.24) is 0 Å². The zero-order valence-corrected chi connectivity index (χ0v) is 26.3. The zero-order chi connectivity index (χ0) is 29.0. The number of fused-ring (bicyclic) bond motifs is 5. The normalized spacial score (nSPS) is 48.6. The summed E-state index contributed by atoms with van der Waals surface area (Å²) in [6.07, 6.45) is 9.01. The maximum atomic E-state index is 10.8. The second-order valence-corrected chi connectivity index (χ2v) is 15.7. The fourth-order valence-electron chi connectivity index (χ4n) is 10.2. The average Bonchev–Trinajstić information content (AvgIpc) is 3.26. The Hall–Kier alpha value is -0.150. The van der Waals surface area contributed by atoms with Crippen LogP contribution in [0.15, 0.2) is 11.6 Å². The van der Waals surface area contributed by atoms with Crippen LogP contribution >= 0.6 is 12.6 Å². The van der Waals surface area contributed by atoms with Crippen molar-refractivity contribution in [2.75, 3.05) is 0 Å². The Kier molecular flexibility index (Phi) is 9.45. The van der Waals surface area contributed by atoms with Gasteiger partial charge >= 0.3 is 0 Å². The molecule has 1 saturated heterocycles. The lowest BCUT2D eigenvalue weighted by Gasteiger charge is -2.58. The highest BCUT2D eigenvalue weighted by atomic mass is 32.1. The molecule has 3 saturated carbocycles. The van der Waals surface area contributed by atoms with Crippen molar-refractivity contribution in [2.45, 2.75) is 147 Å². The molecule has 1 heterocycles. The molecule has 5 rings (SSSR count). The van der Waals surface area contributed by atoms with E-state index in [2.05, 4.69) is 53.3 Å². The number of ether oxygens (including phenoxy) is 2. The van der Waals surface area contributed by atoms with Crippen LogP contribution in [0.3, 0.4) is 0 Å². The second-order valence-electron chi connectivity index (χ2n) is 15.1. The predicted molar refractivity (Wildman–Crippen MR) is 160 cm³/mol. The lowest BCUT2D eigenvalue weighted by molar-refractivity contribution is -0.277. The first-order valence-corrected chi connectivity index (χ1v) is 16.8. The highest BCUT2D eigenvalue weighted by Gasteiger charge is 2.59. The van der Waals surface area contributed by atoms with Crippen molar-refractivity contribution in [3.05, 3.63) is 11.6 Å². The fraction of sp³-hybridized carbons (Fsp3) is 0.939. The molecule has 0 amide bonds. The molecule has 0 aromatic carbocycles. The number of hydrogen-bond donors (Lipinski definition) is 5. The van der Waals surface area contributed by atoms with Crippen molar-refractivity contribution < 1.29 is 29.9 Å². The minimum atomic E-state index is -1.44. The average molecular weight is 581 g/mol. The van der Waals surface area contributed by atoms with E-state index >= 15 is 0 Å². The summed E-state index contributed by atoms with van der Waals surface area (Å²) >= 11 is 4.14. The minimum Gasteiger partial charge on any atom is -0.387 e. The van der Waals surface area contributed by atoms with E-state index in [1.807, 2.05) is 0 Å². The van der Waals surface area contributed by atoms with Crippen LogP contribution in [-0.4, -0.2) is 62.7 Å². The van der Waals surface area contributed by atoms with Gasteiger partial charge in [-0.2, -0.15) is 0 Å². The highest BCUT2D eigenvalue weighted by Crippen LogP contribution is 2.67. The van der Waals surface area contributed by atoms with E-state index in [0.717, 1.165) is 61.2 Å². The molecule has 230 valence electrons. The molecule has 4 N–H and O–H groups in total. The van der Waals surface area contributed by atoms with Gasteiger partial charge in [-0.1, -0.05) is 65.5 Å². The SMILES string of the molecule is CC(C)CCC[C@@H](C)[C@H]1CCC2C3CC=C4C[C@H](OC(O)[C@H]5O[C@@H](S)[C@H](O)[C@@H](O)[C@H]5O)CC[C@]4(C)C3CC[C@@]21C. The van der Waals surface area contributed by atoms with Crippen molar-refractivity contribution in [1.29, 1.82) is 0 Å². The van der Waals surface area contributed by atoms with Crippen LogP contribution in [0, 0.1) is 46.3 Å². The predicted octanol–water partition coefficient (Wildman–Crippen LogP) is 5.47. The van der Waals surface area contributed by atoms with Crippen molar-refractivity contribution in [3.8, 4) is 0 Å². The highest BCUT2D eigenvalue weighted by molar-refractivity contribution is 7.80. The van der Waals surface area contributed by atoms with Gasteiger partial charge in [-0.15, -0.1) is 12.6 Å². The van der Waals surface area contributed by atoms with Crippen LogP contribution in [0.1, 0.15) is 105 Å². The van der Waals surface area contributed by atoms with Crippen LogP contribution in [-0.2, 0) is 9.47 Å². The van der Waals surface area contributed by atoms with Gasteiger partial charge in [-0.3, -0.25) is 0 Å². The first kappa shape index (κ1) is 31.3. The van der Waals surface area contributed by atoms with Gasteiger partial charge in [-0.25, -0.2) is 0 Å². The third-order valence-corrected chi connectivity index (χ3v) is 12.9. The summed E-state index contributed by atoms with van der Waals surface area (Å²) in [5.41, 5.74) is 1.15. The smallest absolute Gasteiger partial charge is 0.184 e. The molecule has 14 atom stereocenters. The molecule has 6 nitrogen and oxygen atoms in total. The standard InChI is InChI=1S/C33H56O6S/c1-18(2)7-6-8-19(3)23-11-12-24-22-10-9-20-17-21(13-15-32(20,4)25(22)14-16-33(23,24)5)38-30(37)29-27(35)26(34)28(36)31(40)39-29/h9,18-19,21-31,34-37,40H,6-8,10-17H2,1-5H3/t19-,21-,22?,23-,24?,25?,26+,27-,28-,29+,30?,31+,32+,33-/m1/s1. The van der Waals surface area contributed by atoms with Crippen LogP contribution < -0.4 is 0 Å². The number of aliphatic hydroxyl groups excluding tert-OH is 4. The molecule has 4 fully saturated rings. The van der Waals surface area contributed by atoms with Gasteiger partial charge in [0.05, 0.1) is 6.10 Å². The largest absolute Gasteiger partial charge is 0.387 e.